The molecule has 0 fully saturated rings. The molecule has 0 aliphatic carbocycles. The van der Waals surface area contributed by atoms with Crippen molar-refractivity contribution in [2.24, 2.45) is 7.05 Å². The van der Waals surface area contributed by atoms with Crippen molar-refractivity contribution in [3.8, 4) is 11.4 Å². The molecule has 0 N–H and O–H groups in total. The van der Waals surface area contributed by atoms with Crippen molar-refractivity contribution < 1.29 is 0 Å². The van der Waals surface area contributed by atoms with E-state index in [9.17, 15) is 0 Å². The number of rotatable bonds is 6. The second-order valence-corrected chi connectivity index (χ2v) is 6.11. The SMILES string of the molecule is C=CCn1nnnc1SCc1nnc(-c2ccc(Cl)cc2)n1C. The number of hydrogen-bond acceptors (Lipinski definition) is 6. The lowest BCUT2D eigenvalue weighted by molar-refractivity contribution is 0.614. The van der Waals surface area contributed by atoms with Gasteiger partial charge in [0, 0.05) is 17.6 Å². The molecular formula is C14H14ClN7S. The lowest BCUT2D eigenvalue weighted by Crippen LogP contribution is -2.02. The zero-order chi connectivity index (χ0) is 16.2. The van der Waals surface area contributed by atoms with Gasteiger partial charge in [0.1, 0.15) is 5.82 Å². The lowest BCUT2D eigenvalue weighted by Gasteiger charge is -2.04. The van der Waals surface area contributed by atoms with Gasteiger partial charge >= 0.3 is 0 Å². The monoisotopic (exact) mass is 347 g/mol. The zero-order valence-corrected chi connectivity index (χ0v) is 14.0. The molecule has 0 radical (unpaired) electrons. The van der Waals surface area contributed by atoms with Gasteiger partial charge in [-0.2, -0.15) is 0 Å². The molecule has 7 nitrogen and oxygen atoms in total. The third-order valence-electron chi connectivity index (χ3n) is 3.20. The fourth-order valence-corrected chi connectivity index (χ4v) is 2.99. The number of nitrogens with zero attached hydrogens (tertiary/aromatic N) is 7. The third-order valence-corrected chi connectivity index (χ3v) is 4.40. The first kappa shape index (κ1) is 15.7. The van der Waals surface area contributed by atoms with E-state index in [-0.39, 0.29) is 0 Å². The summed E-state index contributed by atoms with van der Waals surface area (Å²) in [7, 11) is 1.94. The van der Waals surface area contributed by atoms with Crippen molar-refractivity contribution in [2.45, 2.75) is 17.5 Å². The van der Waals surface area contributed by atoms with Crippen molar-refractivity contribution in [1.29, 1.82) is 0 Å². The van der Waals surface area contributed by atoms with Gasteiger partial charge in [0.2, 0.25) is 5.16 Å². The number of hydrogen-bond donors (Lipinski definition) is 0. The Labute approximate surface area is 142 Å². The van der Waals surface area contributed by atoms with E-state index in [0.717, 1.165) is 22.4 Å². The molecule has 3 rings (SSSR count). The second kappa shape index (κ2) is 6.93. The number of allylic oxidation sites excluding steroid dienone is 1. The molecule has 0 saturated carbocycles. The summed E-state index contributed by atoms with van der Waals surface area (Å²) >= 11 is 7.42. The Morgan fingerprint density at radius 2 is 2.00 bits per heavy atom. The van der Waals surface area contributed by atoms with E-state index >= 15 is 0 Å². The number of tetrazole rings is 1. The molecule has 0 bridgehead atoms. The zero-order valence-electron chi connectivity index (χ0n) is 12.4. The summed E-state index contributed by atoms with van der Waals surface area (Å²) < 4.78 is 3.64. The van der Waals surface area contributed by atoms with Crippen molar-refractivity contribution in [1.82, 2.24) is 35.0 Å². The van der Waals surface area contributed by atoms with Gasteiger partial charge in [-0.1, -0.05) is 29.4 Å². The van der Waals surface area contributed by atoms with E-state index < -0.39 is 0 Å². The van der Waals surface area contributed by atoms with Crippen LogP contribution in [0.3, 0.4) is 0 Å². The highest BCUT2D eigenvalue weighted by molar-refractivity contribution is 7.98. The average molecular weight is 348 g/mol. The highest BCUT2D eigenvalue weighted by atomic mass is 35.5. The number of halogens is 1. The first-order valence-corrected chi connectivity index (χ1v) is 8.19. The molecule has 9 heteroatoms. The fourth-order valence-electron chi connectivity index (χ4n) is 2.00. The summed E-state index contributed by atoms with van der Waals surface area (Å²) in [5.74, 6) is 2.25. The molecule has 0 aliphatic heterocycles. The Bertz CT molecular complexity index is 809. The van der Waals surface area contributed by atoms with Crippen LogP contribution in [-0.4, -0.2) is 35.0 Å². The van der Waals surface area contributed by atoms with Gasteiger partial charge in [0.05, 0.1) is 12.3 Å². The molecule has 23 heavy (non-hydrogen) atoms. The minimum Gasteiger partial charge on any atom is -0.313 e. The van der Waals surface area contributed by atoms with Gasteiger partial charge in [0.15, 0.2) is 5.82 Å². The maximum absolute atomic E-state index is 5.92. The van der Waals surface area contributed by atoms with Crippen molar-refractivity contribution in [3.05, 3.63) is 47.8 Å². The van der Waals surface area contributed by atoms with Crippen molar-refractivity contribution >= 4 is 23.4 Å². The van der Waals surface area contributed by atoms with Crippen LogP contribution in [0.25, 0.3) is 11.4 Å². The lowest BCUT2D eigenvalue weighted by atomic mass is 10.2. The fraction of sp³-hybridized carbons (Fsp3) is 0.214. The van der Waals surface area contributed by atoms with Crippen LogP contribution in [0, 0.1) is 0 Å². The molecule has 0 saturated heterocycles. The summed E-state index contributed by atoms with van der Waals surface area (Å²) in [4.78, 5) is 0. The largest absolute Gasteiger partial charge is 0.313 e. The Morgan fingerprint density at radius 3 is 2.74 bits per heavy atom. The molecular weight excluding hydrogens is 334 g/mol. The van der Waals surface area contributed by atoms with Crippen LogP contribution in [0.2, 0.25) is 5.02 Å². The molecule has 0 spiro atoms. The third kappa shape index (κ3) is 3.43. The maximum Gasteiger partial charge on any atom is 0.210 e. The van der Waals surface area contributed by atoms with E-state index in [1.165, 1.54) is 11.8 Å². The number of aromatic nitrogens is 7. The van der Waals surface area contributed by atoms with Crippen LogP contribution < -0.4 is 0 Å². The first-order valence-electron chi connectivity index (χ1n) is 6.83. The molecule has 2 aromatic heterocycles. The summed E-state index contributed by atoms with van der Waals surface area (Å²) in [5, 5.41) is 21.5. The van der Waals surface area contributed by atoms with Gasteiger partial charge in [-0.15, -0.1) is 21.9 Å². The van der Waals surface area contributed by atoms with Gasteiger partial charge < -0.3 is 4.57 Å². The Morgan fingerprint density at radius 1 is 1.22 bits per heavy atom. The normalized spacial score (nSPS) is 10.9. The summed E-state index contributed by atoms with van der Waals surface area (Å²) in [6, 6.07) is 7.52. The molecule has 1 aromatic carbocycles. The van der Waals surface area contributed by atoms with Crippen LogP contribution in [0.4, 0.5) is 0 Å². The standard InChI is InChI=1S/C14H14ClN7S/c1-3-8-22-14(18-19-20-22)23-9-12-16-17-13(21(12)2)10-4-6-11(15)7-5-10/h3-7H,1,8-9H2,2H3. The van der Waals surface area contributed by atoms with Crippen molar-refractivity contribution in [2.75, 3.05) is 0 Å². The summed E-state index contributed by atoms with van der Waals surface area (Å²) in [6.07, 6.45) is 1.75. The first-order chi connectivity index (χ1) is 11.2. The molecule has 118 valence electrons. The van der Waals surface area contributed by atoms with E-state index in [4.69, 9.17) is 11.6 Å². The van der Waals surface area contributed by atoms with Crippen LogP contribution >= 0.6 is 23.4 Å². The van der Waals surface area contributed by atoms with E-state index in [0.29, 0.717) is 17.3 Å². The topological polar surface area (TPSA) is 74.3 Å². The highest BCUT2D eigenvalue weighted by Gasteiger charge is 2.13. The van der Waals surface area contributed by atoms with E-state index in [2.05, 4.69) is 32.3 Å². The maximum atomic E-state index is 5.92. The Balaban J connectivity index is 1.75. The Kier molecular flexibility index (Phi) is 4.73. The van der Waals surface area contributed by atoms with Crippen LogP contribution in [0.5, 0.6) is 0 Å². The van der Waals surface area contributed by atoms with E-state index in [1.807, 2.05) is 35.9 Å². The smallest absolute Gasteiger partial charge is 0.210 e. The van der Waals surface area contributed by atoms with Gasteiger partial charge in [-0.05, 0) is 34.7 Å². The average Bonchev–Trinajstić information content (AvgIpc) is 3.14. The minimum absolute atomic E-state index is 0.574. The van der Waals surface area contributed by atoms with Gasteiger partial charge in [-0.25, -0.2) is 4.68 Å². The van der Waals surface area contributed by atoms with Crippen LogP contribution in [0.1, 0.15) is 5.82 Å². The van der Waals surface area contributed by atoms with E-state index in [1.54, 1.807) is 10.8 Å². The molecule has 0 atom stereocenters. The van der Waals surface area contributed by atoms with Crippen LogP contribution in [0.15, 0.2) is 42.1 Å². The van der Waals surface area contributed by atoms with Gasteiger partial charge in [0.25, 0.3) is 0 Å². The second-order valence-electron chi connectivity index (χ2n) is 4.73. The molecule has 0 amide bonds. The number of thioether (sulfide) groups is 1. The highest BCUT2D eigenvalue weighted by Crippen LogP contribution is 2.23. The predicted octanol–water partition coefficient (Wildman–Crippen LogP) is 2.60. The molecule has 2 heterocycles. The molecule has 0 aliphatic rings. The molecule has 3 aromatic rings. The Hall–Kier alpha value is -2.19. The van der Waals surface area contributed by atoms with Crippen LogP contribution in [-0.2, 0) is 19.3 Å². The minimum atomic E-state index is 0.574. The molecule has 0 unspecified atom stereocenters. The quantitative estimate of drug-likeness (QED) is 0.504. The number of benzene rings is 1. The summed E-state index contributed by atoms with van der Waals surface area (Å²) in [5.41, 5.74) is 0.970. The predicted molar refractivity (Wildman–Crippen MR) is 89.0 cm³/mol. The summed E-state index contributed by atoms with van der Waals surface area (Å²) in [6.45, 7) is 4.26. The van der Waals surface area contributed by atoms with Gasteiger partial charge in [-0.3, -0.25) is 0 Å². The van der Waals surface area contributed by atoms with Crippen molar-refractivity contribution in [3.63, 3.8) is 0 Å².